The molecule has 4 nitrogen and oxygen atoms in total. The van der Waals surface area contributed by atoms with Gasteiger partial charge in [-0.05, 0) is 18.5 Å². The van der Waals surface area contributed by atoms with Crippen LogP contribution in [0.4, 0.5) is 5.69 Å². The molecule has 1 aromatic rings. The maximum atomic E-state index is 9.16. The molecule has 0 saturated heterocycles. The smallest absolute Gasteiger partial charge is 0.423 e. The summed E-state index contributed by atoms with van der Waals surface area (Å²) in [5.41, 5.74) is 2.38. The van der Waals surface area contributed by atoms with Gasteiger partial charge in [0, 0.05) is 24.5 Å². The zero-order valence-electron chi connectivity index (χ0n) is 8.20. The van der Waals surface area contributed by atoms with Crippen molar-refractivity contribution in [3.8, 4) is 0 Å². The molecule has 4 N–H and O–H groups in total. The molecule has 0 heterocycles. The fraction of sp³-hybridized carbons (Fsp3) is 0.222. The molecule has 0 aliphatic rings. The Morgan fingerprint density at radius 1 is 1.43 bits per heavy atom. The molecule has 0 atom stereocenters. The predicted molar refractivity (Wildman–Crippen MR) is 58.4 cm³/mol. The number of anilines is 1. The van der Waals surface area contributed by atoms with Crippen molar-refractivity contribution in [2.75, 3.05) is 12.4 Å². The van der Waals surface area contributed by atoms with Crippen molar-refractivity contribution in [2.45, 2.75) is 6.92 Å². The summed E-state index contributed by atoms with van der Waals surface area (Å²) in [4.78, 5) is 0. The fourth-order valence-corrected chi connectivity index (χ4v) is 1.46. The van der Waals surface area contributed by atoms with Crippen molar-refractivity contribution < 1.29 is 10.0 Å². The molecular formula is C9H13BN2O2. The van der Waals surface area contributed by atoms with Gasteiger partial charge < -0.3 is 20.8 Å². The summed E-state index contributed by atoms with van der Waals surface area (Å²) in [6.07, 6.45) is 1.12. The molecule has 0 aromatic heterocycles. The first-order chi connectivity index (χ1) is 6.61. The van der Waals surface area contributed by atoms with Crippen molar-refractivity contribution in [1.82, 2.24) is 0 Å². The monoisotopic (exact) mass is 192 g/mol. The summed E-state index contributed by atoms with van der Waals surface area (Å²) in [6.45, 7) is 1.78. The van der Waals surface area contributed by atoms with Gasteiger partial charge in [-0.2, -0.15) is 0 Å². The van der Waals surface area contributed by atoms with E-state index in [4.69, 9.17) is 15.5 Å². The van der Waals surface area contributed by atoms with E-state index in [1.807, 2.05) is 6.07 Å². The Morgan fingerprint density at radius 3 is 2.50 bits per heavy atom. The number of benzene rings is 1. The van der Waals surface area contributed by atoms with Gasteiger partial charge in [-0.15, -0.1) is 0 Å². The minimum absolute atomic E-state index is 0.381. The Hall–Kier alpha value is -1.33. The molecule has 0 aliphatic carbocycles. The maximum Gasteiger partial charge on any atom is 0.489 e. The van der Waals surface area contributed by atoms with Crippen LogP contribution in [0.5, 0.6) is 0 Å². The fourth-order valence-electron chi connectivity index (χ4n) is 1.46. The first-order valence-electron chi connectivity index (χ1n) is 4.29. The first-order valence-corrected chi connectivity index (χ1v) is 4.29. The quantitative estimate of drug-likeness (QED) is 0.392. The van der Waals surface area contributed by atoms with Gasteiger partial charge in [0.15, 0.2) is 0 Å². The minimum Gasteiger partial charge on any atom is -0.423 e. The Labute approximate surface area is 83.2 Å². The number of aryl methyl sites for hydroxylation is 1. The Morgan fingerprint density at radius 2 is 2.07 bits per heavy atom. The molecule has 0 radical (unpaired) electrons. The maximum absolute atomic E-state index is 9.16. The largest absolute Gasteiger partial charge is 0.489 e. The molecule has 0 fully saturated rings. The van der Waals surface area contributed by atoms with Gasteiger partial charge in [-0.25, -0.2) is 0 Å². The third-order valence-electron chi connectivity index (χ3n) is 2.18. The van der Waals surface area contributed by atoms with Gasteiger partial charge in [-0.3, -0.25) is 0 Å². The van der Waals surface area contributed by atoms with Gasteiger partial charge in [0.25, 0.3) is 0 Å². The lowest BCUT2D eigenvalue weighted by molar-refractivity contribution is 0.425. The summed E-state index contributed by atoms with van der Waals surface area (Å²) >= 11 is 0. The average Bonchev–Trinajstić information content (AvgIpc) is 2.16. The summed E-state index contributed by atoms with van der Waals surface area (Å²) in [5.74, 6) is 0. The van der Waals surface area contributed by atoms with Gasteiger partial charge in [0.05, 0.1) is 0 Å². The second-order valence-corrected chi connectivity index (χ2v) is 3.03. The predicted octanol–water partition coefficient (Wildman–Crippen LogP) is -0.286. The van der Waals surface area contributed by atoms with Crippen LogP contribution in [-0.4, -0.2) is 30.4 Å². The topological polar surface area (TPSA) is 76.3 Å². The second kappa shape index (κ2) is 4.26. The molecule has 5 heteroatoms. The molecular weight excluding hydrogens is 179 g/mol. The van der Waals surface area contributed by atoms with Crippen molar-refractivity contribution in [1.29, 1.82) is 5.41 Å². The van der Waals surface area contributed by atoms with Crippen LogP contribution in [0.3, 0.4) is 0 Å². The molecule has 0 saturated carbocycles. The standard InChI is InChI=1S/C9H13BN2O2/c1-6-3-4-8(12-2)7(5-11)9(6)10(13)14/h3-5,11-14H,1-2H3. The van der Waals surface area contributed by atoms with E-state index >= 15 is 0 Å². The number of hydrogen-bond acceptors (Lipinski definition) is 4. The van der Waals surface area contributed by atoms with Crippen LogP contribution < -0.4 is 10.8 Å². The summed E-state index contributed by atoms with van der Waals surface area (Å²) in [5, 5.41) is 28.4. The molecule has 1 aromatic carbocycles. The van der Waals surface area contributed by atoms with E-state index in [0.29, 0.717) is 16.7 Å². The second-order valence-electron chi connectivity index (χ2n) is 3.03. The lowest BCUT2D eigenvalue weighted by Gasteiger charge is -2.12. The van der Waals surface area contributed by atoms with Crippen LogP contribution >= 0.6 is 0 Å². The third-order valence-corrected chi connectivity index (χ3v) is 2.18. The van der Waals surface area contributed by atoms with Gasteiger partial charge in [-0.1, -0.05) is 11.6 Å². The number of hydrogen-bond donors (Lipinski definition) is 4. The van der Waals surface area contributed by atoms with E-state index in [9.17, 15) is 0 Å². The SMILES string of the molecule is CNc1ccc(C)c(B(O)O)c1C=N. The molecule has 1 rings (SSSR count). The minimum atomic E-state index is -1.54. The molecule has 0 spiro atoms. The zero-order valence-corrected chi connectivity index (χ0v) is 8.20. The first kappa shape index (κ1) is 10.8. The molecule has 0 bridgehead atoms. The van der Waals surface area contributed by atoms with Crippen LogP contribution in [0.15, 0.2) is 12.1 Å². The lowest BCUT2D eigenvalue weighted by Crippen LogP contribution is -2.35. The molecule has 14 heavy (non-hydrogen) atoms. The van der Waals surface area contributed by atoms with Crippen molar-refractivity contribution in [3.63, 3.8) is 0 Å². The van der Waals surface area contributed by atoms with E-state index in [1.165, 1.54) is 0 Å². The van der Waals surface area contributed by atoms with Crippen LogP contribution in [-0.2, 0) is 0 Å². The molecule has 0 aliphatic heterocycles. The lowest BCUT2D eigenvalue weighted by atomic mass is 9.74. The average molecular weight is 192 g/mol. The number of nitrogens with one attached hydrogen (secondary N) is 2. The molecule has 74 valence electrons. The zero-order chi connectivity index (χ0) is 10.7. The Bertz CT molecular complexity index is 353. The van der Waals surface area contributed by atoms with E-state index in [1.54, 1.807) is 20.0 Å². The Balaban J connectivity index is 3.42. The van der Waals surface area contributed by atoms with Crippen LogP contribution in [0.1, 0.15) is 11.1 Å². The highest BCUT2D eigenvalue weighted by molar-refractivity contribution is 6.61. The normalized spacial score (nSPS) is 9.71. The number of rotatable bonds is 3. The van der Waals surface area contributed by atoms with Gasteiger partial charge in [0.1, 0.15) is 0 Å². The highest BCUT2D eigenvalue weighted by atomic mass is 16.4. The van der Waals surface area contributed by atoms with Crippen LogP contribution in [0.25, 0.3) is 0 Å². The van der Waals surface area contributed by atoms with E-state index < -0.39 is 7.12 Å². The van der Waals surface area contributed by atoms with Crippen LogP contribution in [0, 0.1) is 12.3 Å². The highest BCUT2D eigenvalue weighted by Gasteiger charge is 2.19. The van der Waals surface area contributed by atoms with E-state index in [-0.39, 0.29) is 0 Å². The third kappa shape index (κ3) is 1.78. The summed E-state index contributed by atoms with van der Waals surface area (Å²) in [6, 6.07) is 3.59. The van der Waals surface area contributed by atoms with E-state index in [2.05, 4.69) is 5.32 Å². The Kier molecular flexibility index (Phi) is 3.27. The van der Waals surface area contributed by atoms with E-state index in [0.717, 1.165) is 11.8 Å². The molecule has 0 amide bonds. The molecule has 0 unspecified atom stereocenters. The van der Waals surface area contributed by atoms with Gasteiger partial charge in [0.2, 0.25) is 0 Å². The summed E-state index contributed by atoms with van der Waals surface area (Å²) < 4.78 is 0. The summed E-state index contributed by atoms with van der Waals surface area (Å²) in [7, 11) is 0.186. The van der Waals surface area contributed by atoms with Crippen molar-refractivity contribution in [2.24, 2.45) is 0 Å². The van der Waals surface area contributed by atoms with Crippen LogP contribution in [0.2, 0.25) is 0 Å². The van der Waals surface area contributed by atoms with Crippen molar-refractivity contribution in [3.05, 3.63) is 23.3 Å². The van der Waals surface area contributed by atoms with Gasteiger partial charge >= 0.3 is 7.12 Å². The highest BCUT2D eigenvalue weighted by Crippen LogP contribution is 2.12. The van der Waals surface area contributed by atoms with Crippen molar-refractivity contribution >= 4 is 24.5 Å².